The molecule has 0 radical (unpaired) electrons. The van der Waals surface area contributed by atoms with Crippen LogP contribution in [0.4, 0.5) is 5.13 Å². The van der Waals surface area contributed by atoms with E-state index in [0.717, 1.165) is 29.0 Å². The molecule has 1 saturated heterocycles. The van der Waals surface area contributed by atoms with Gasteiger partial charge in [-0.05, 0) is 29.8 Å². The Labute approximate surface area is 195 Å². The summed E-state index contributed by atoms with van der Waals surface area (Å²) in [6.07, 6.45) is 0.0281. The molecule has 2 aromatic carbocycles. The zero-order valence-electron chi connectivity index (χ0n) is 18.2. The van der Waals surface area contributed by atoms with Gasteiger partial charge in [-0.2, -0.15) is 0 Å². The summed E-state index contributed by atoms with van der Waals surface area (Å²) >= 11 is 1.28. The van der Waals surface area contributed by atoms with Gasteiger partial charge in [0, 0.05) is 31.6 Å². The quantitative estimate of drug-likeness (QED) is 0.478. The number of amides is 3. The van der Waals surface area contributed by atoms with Crippen LogP contribution in [-0.2, 0) is 9.53 Å². The Morgan fingerprint density at radius 3 is 2.58 bits per heavy atom. The van der Waals surface area contributed by atoms with Crippen LogP contribution < -0.4 is 21.1 Å². The number of thiazole rings is 1. The Kier molecular flexibility index (Phi) is 7.16. The molecule has 9 nitrogen and oxygen atoms in total. The lowest BCUT2D eigenvalue weighted by molar-refractivity contribution is -0.121. The van der Waals surface area contributed by atoms with Gasteiger partial charge in [0.05, 0.1) is 18.9 Å². The van der Waals surface area contributed by atoms with Crippen molar-refractivity contribution in [2.45, 2.75) is 13.3 Å². The van der Waals surface area contributed by atoms with Gasteiger partial charge in [0.1, 0.15) is 4.88 Å². The van der Waals surface area contributed by atoms with Crippen LogP contribution in [0.3, 0.4) is 0 Å². The number of nitrogens with zero attached hydrogens (tertiary/aromatic N) is 2. The predicted octanol–water partition coefficient (Wildman–Crippen LogP) is 2.02. The van der Waals surface area contributed by atoms with E-state index < -0.39 is 11.8 Å². The van der Waals surface area contributed by atoms with Gasteiger partial charge >= 0.3 is 0 Å². The molecule has 0 aliphatic carbocycles. The molecule has 1 fully saturated rings. The molecule has 0 spiro atoms. The summed E-state index contributed by atoms with van der Waals surface area (Å²) in [6.45, 7) is 4.64. The number of aryl methyl sites for hydroxylation is 1. The fraction of sp³-hybridized carbons (Fsp3) is 0.304. The molecular formula is C23H25N5O4S. The van der Waals surface area contributed by atoms with E-state index in [-0.39, 0.29) is 18.9 Å². The Morgan fingerprint density at radius 2 is 1.79 bits per heavy atom. The Morgan fingerprint density at radius 1 is 1.03 bits per heavy atom. The van der Waals surface area contributed by atoms with E-state index in [1.807, 2.05) is 36.4 Å². The molecule has 3 N–H and O–H groups in total. The maximum atomic E-state index is 12.5. The Balaban J connectivity index is 1.22. The summed E-state index contributed by atoms with van der Waals surface area (Å²) in [5, 5.41) is 5.52. The highest BCUT2D eigenvalue weighted by atomic mass is 32.1. The minimum atomic E-state index is -0.418. The van der Waals surface area contributed by atoms with Crippen LogP contribution in [0.15, 0.2) is 42.5 Å². The summed E-state index contributed by atoms with van der Waals surface area (Å²) < 4.78 is 5.34. The van der Waals surface area contributed by atoms with Gasteiger partial charge in [0.2, 0.25) is 5.91 Å². The third-order valence-corrected chi connectivity index (χ3v) is 6.45. The highest BCUT2D eigenvalue weighted by Crippen LogP contribution is 2.26. The molecule has 33 heavy (non-hydrogen) atoms. The average Bonchev–Trinajstić information content (AvgIpc) is 3.24. The number of ether oxygens (including phenoxy) is 1. The van der Waals surface area contributed by atoms with E-state index in [4.69, 9.17) is 4.74 Å². The number of hydrazine groups is 1. The zero-order chi connectivity index (χ0) is 23.2. The molecule has 1 aromatic heterocycles. The predicted molar refractivity (Wildman–Crippen MR) is 126 cm³/mol. The minimum Gasteiger partial charge on any atom is -0.378 e. The largest absolute Gasteiger partial charge is 0.378 e. The Bertz CT molecular complexity index is 1170. The fourth-order valence-corrected chi connectivity index (χ4v) is 4.46. The molecule has 0 saturated carbocycles. The number of aromatic nitrogens is 1. The van der Waals surface area contributed by atoms with Crippen molar-refractivity contribution in [1.82, 2.24) is 21.2 Å². The highest BCUT2D eigenvalue weighted by molar-refractivity contribution is 7.17. The second-order valence-corrected chi connectivity index (χ2v) is 8.56. The van der Waals surface area contributed by atoms with Crippen molar-refractivity contribution in [3.63, 3.8) is 0 Å². The van der Waals surface area contributed by atoms with Gasteiger partial charge in [-0.25, -0.2) is 4.98 Å². The first-order chi connectivity index (χ1) is 16.0. The van der Waals surface area contributed by atoms with Crippen molar-refractivity contribution in [3.8, 4) is 0 Å². The number of nitrogens with one attached hydrogen (secondary N) is 3. The second kappa shape index (κ2) is 10.4. The van der Waals surface area contributed by atoms with Crippen LogP contribution in [0.1, 0.15) is 32.1 Å². The smallest absolute Gasteiger partial charge is 0.281 e. The third-order valence-electron chi connectivity index (χ3n) is 5.24. The van der Waals surface area contributed by atoms with Crippen molar-refractivity contribution in [2.75, 3.05) is 37.7 Å². The molecule has 10 heteroatoms. The van der Waals surface area contributed by atoms with Crippen LogP contribution >= 0.6 is 11.3 Å². The van der Waals surface area contributed by atoms with E-state index in [1.54, 1.807) is 13.0 Å². The number of rotatable bonds is 6. The monoisotopic (exact) mass is 467 g/mol. The molecule has 1 aliphatic heterocycles. The first-order valence-electron chi connectivity index (χ1n) is 10.7. The highest BCUT2D eigenvalue weighted by Gasteiger charge is 2.20. The average molecular weight is 468 g/mol. The van der Waals surface area contributed by atoms with Crippen LogP contribution in [0.5, 0.6) is 0 Å². The number of anilines is 1. The van der Waals surface area contributed by atoms with Gasteiger partial charge < -0.3 is 15.0 Å². The molecule has 3 amide bonds. The van der Waals surface area contributed by atoms with Crippen molar-refractivity contribution >= 4 is 45.0 Å². The topological polar surface area (TPSA) is 113 Å². The molecule has 172 valence electrons. The van der Waals surface area contributed by atoms with Gasteiger partial charge in [0.25, 0.3) is 11.8 Å². The molecule has 0 atom stereocenters. The van der Waals surface area contributed by atoms with E-state index >= 15 is 0 Å². The maximum Gasteiger partial charge on any atom is 0.281 e. The number of hydrogen-bond acceptors (Lipinski definition) is 7. The minimum absolute atomic E-state index is 0.0281. The summed E-state index contributed by atoms with van der Waals surface area (Å²) in [7, 11) is 0. The van der Waals surface area contributed by atoms with Crippen molar-refractivity contribution in [3.05, 3.63) is 58.6 Å². The Hall–Kier alpha value is -3.50. The van der Waals surface area contributed by atoms with Gasteiger partial charge in [-0.15, -0.1) is 0 Å². The third kappa shape index (κ3) is 5.65. The first kappa shape index (κ1) is 22.7. The number of hydrogen-bond donors (Lipinski definition) is 3. The van der Waals surface area contributed by atoms with E-state index in [9.17, 15) is 14.4 Å². The van der Waals surface area contributed by atoms with Crippen molar-refractivity contribution < 1.29 is 19.1 Å². The molecule has 1 aliphatic rings. The zero-order valence-corrected chi connectivity index (χ0v) is 19.0. The maximum absolute atomic E-state index is 12.5. The van der Waals surface area contributed by atoms with Gasteiger partial charge in [0.15, 0.2) is 5.13 Å². The molecule has 3 aromatic rings. The van der Waals surface area contributed by atoms with Gasteiger partial charge in [-0.3, -0.25) is 25.2 Å². The molecule has 2 heterocycles. The number of morpholine rings is 1. The SMILES string of the molecule is Cc1nc(N2CCOCC2)sc1C(=O)NNC(=O)CCNC(=O)c1ccc2ccccc2c1. The lowest BCUT2D eigenvalue weighted by atomic mass is 10.1. The van der Waals surface area contributed by atoms with Crippen LogP contribution in [0.2, 0.25) is 0 Å². The number of carbonyl (C=O) groups is 3. The van der Waals surface area contributed by atoms with Crippen LogP contribution in [0.25, 0.3) is 10.8 Å². The molecular weight excluding hydrogens is 442 g/mol. The van der Waals surface area contributed by atoms with Gasteiger partial charge in [-0.1, -0.05) is 41.7 Å². The first-order valence-corrected chi connectivity index (χ1v) is 11.5. The van der Waals surface area contributed by atoms with E-state index in [0.29, 0.717) is 29.3 Å². The summed E-state index contributed by atoms with van der Waals surface area (Å²) in [5.74, 6) is -1.08. The lowest BCUT2D eigenvalue weighted by Crippen LogP contribution is -2.42. The van der Waals surface area contributed by atoms with Crippen LogP contribution in [0, 0.1) is 6.92 Å². The fourth-order valence-electron chi connectivity index (χ4n) is 3.45. The number of benzene rings is 2. The molecule has 4 rings (SSSR count). The molecule has 0 bridgehead atoms. The summed E-state index contributed by atoms with van der Waals surface area (Å²) in [5.41, 5.74) is 5.95. The summed E-state index contributed by atoms with van der Waals surface area (Å²) in [6, 6.07) is 13.2. The summed E-state index contributed by atoms with van der Waals surface area (Å²) in [4.78, 5) is 43.9. The van der Waals surface area contributed by atoms with Crippen LogP contribution in [-0.4, -0.2) is 55.6 Å². The van der Waals surface area contributed by atoms with Crippen molar-refractivity contribution in [2.24, 2.45) is 0 Å². The number of fused-ring (bicyclic) bond motifs is 1. The second-order valence-electron chi connectivity index (χ2n) is 7.58. The molecule has 0 unspecified atom stereocenters. The van der Waals surface area contributed by atoms with E-state index in [1.165, 1.54) is 11.3 Å². The normalized spacial score (nSPS) is 13.5. The van der Waals surface area contributed by atoms with E-state index in [2.05, 4.69) is 26.1 Å². The standard InChI is InChI=1S/C23H25N5O4S/c1-15-20(33-23(25-15)28-10-12-32-13-11-28)22(31)27-26-19(29)8-9-24-21(30)18-7-6-16-4-2-3-5-17(16)14-18/h2-7,14H,8-13H2,1H3,(H,24,30)(H,26,29)(H,27,31). The number of carbonyl (C=O) groups excluding carboxylic acids is 3. The van der Waals surface area contributed by atoms with Crippen molar-refractivity contribution in [1.29, 1.82) is 0 Å². The lowest BCUT2D eigenvalue weighted by Gasteiger charge is -2.25.